The van der Waals surface area contributed by atoms with E-state index >= 15 is 0 Å². The molecule has 3 rings (SSSR count). The Morgan fingerprint density at radius 2 is 2.04 bits per heavy atom. The van der Waals surface area contributed by atoms with Crippen molar-refractivity contribution in [1.82, 2.24) is 25.1 Å². The average molecular weight is 324 g/mol. The number of carbonyl (C=O) groups is 1. The average Bonchev–Trinajstić information content (AvgIpc) is 3.03. The van der Waals surface area contributed by atoms with Crippen molar-refractivity contribution < 1.29 is 4.79 Å². The summed E-state index contributed by atoms with van der Waals surface area (Å²) in [5.41, 5.74) is 1.74. The number of carbonyl (C=O) groups excluding carboxylic acids is 1. The van der Waals surface area contributed by atoms with Crippen LogP contribution in [0, 0.1) is 0 Å². The molecule has 0 atom stereocenters. The van der Waals surface area contributed by atoms with Gasteiger partial charge in [0.15, 0.2) is 5.65 Å². The summed E-state index contributed by atoms with van der Waals surface area (Å²) in [6, 6.07) is 9.90. The Morgan fingerprint density at radius 3 is 2.79 bits per heavy atom. The number of anilines is 1. The van der Waals surface area contributed by atoms with E-state index < -0.39 is 0 Å². The molecule has 0 saturated heterocycles. The second kappa shape index (κ2) is 7.08. The maximum Gasteiger partial charge on any atom is 0.216 e. The molecule has 7 nitrogen and oxygen atoms in total. The molecule has 2 heterocycles. The van der Waals surface area contributed by atoms with Crippen LogP contribution < -0.4 is 10.2 Å². The predicted octanol–water partition coefficient (Wildman–Crippen LogP) is 1.78. The minimum absolute atomic E-state index is 0.00813. The molecule has 1 N–H and O–H groups in total. The van der Waals surface area contributed by atoms with E-state index in [1.165, 1.54) is 6.92 Å². The second-order valence-electron chi connectivity index (χ2n) is 5.58. The summed E-state index contributed by atoms with van der Waals surface area (Å²) >= 11 is 0. The van der Waals surface area contributed by atoms with Gasteiger partial charge in [-0.1, -0.05) is 18.2 Å². The Labute approximate surface area is 140 Å². The maximum absolute atomic E-state index is 10.9. The van der Waals surface area contributed by atoms with Crippen molar-refractivity contribution in [2.24, 2.45) is 0 Å². The highest BCUT2D eigenvalue weighted by Gasteiger charge is 2.13. The van der Waals surface area contributed by atoms with E-state index in [4.69, 9.17) is 0 Å². The Bertz CT molecular complexity index is 829. The van der Waals surface area contributed by atoms with E-state index in [9.17, 15) is 4.79 Å². The Hall–Kier alpha value is -2.96. The van der Waals surface area contributed by atoms with Crippen molar-refractivity contribution in [2.75, 3.05) is 25.0 Å². The van der Waals surface area contributed by atoms with Gasteiger partial charge in [0.2, 0.25) is 5.91 Å². The normalized spacial score (nSPS) is 10.8. The number of nitrogens with one attached hydrogen (secondary N) is 1. The Balaban J connectivity index is 1.82. The summed E-state index contributed by atoms with van der Waals surface area (Å²) in [6.07, 6.45) is 4.19. The number of para-hydroxylation sites is 1. The highest BCUT2D eigenvalue weighted by Crippen LogP contribution is 2.23. The molecule has 24 heavy (non-hydrogen) atoms. The molecule has 0 fully saturated rings. The van der Waals surface area contributed by atoms with Gasteiger partial charge in [-0.2, -0.15) is 5.10 Å². The summed E-state index contributed by atoms with van der Waals surface area (Å²) in [5, 5.41) is 8.16. The molecule has 0 aliphatic heterocycles. The molecule has 0 unspecified atom stereocenters. The quantitative estimate of drug-likeness (QED) is 0.700. The number of amides is 1. The first-order valence-electron chi connectivity index (χ1n) is 7.86. The van der Waals surface area contributed by atoms with Gasteiger partial charge in [0.1, 0.15) is 12.1 Å². The first-order valence-corrected chi connectivity index (χ1v) is 7.86. The van der Waals surface area contributed by atoms with E-state index in [1.807, 2.05) is 42.1 Å². The van der Waals surface area contributed by atoms with Crippen LogP contribution in [-0.2, 0) is 4.79 Å². The van der Waals surface area contributed by atoms with Crippen LogP contribution in [0.25, 0.3) is 16.7 Å². The van der Waals surface area contributed by atoms with Crippen LogP contribution in [0.5, 0.6) is 0 Å². The number of nitrogens with zero attached hydrogens (tertiary/aromatic N) is 5. The fourth-order valence-corrected chi connectivity index (χ4v) is 2.58. The van der Waals surface area contributed by atoms with E-state index in [-0.39, 0.29) is 5.91 Å². The minimum atomic E-state index is -0.00813. The van der Waals surface area contributed by atoms with Crippen molar-refractivity contribution in [3.8, 4) is 5.69 Å². The lowest BCUT2D eigenvalue weighted by Crippen LogP contribution is -2.26. The van der Waals surface area contributed by atoms with Crippen molar-refractivity contribution >= 4 is 22.8 Å². The van der Waals surface area contributed by atoms with Crippen LogP contribution in [0.4, 0.5) is 5.82 Å². The molecule has 7 heteroatoms. The molecule has 1 amide bonds. The highest BCUT2D eigenvalue weighted by molar-refractivity contribution is 5.87. The van der Waals surface area contributed by atoms with Gasteiger partial charge in [-0.25, -0.2) is 14.6 Å². The van der Waals surface area contributed by atoms with Crippen molar-refractivity contribution in [1.29, 1.82) is 0 Å². The molecule has 0 aliphatic rings. The van der Waals surface area contributed by atoms with Gasteiger partial charge >= 0.3 is 0 Å². The van der Waals surface area contributed by atoms with Crippen molar-refractivity contribution in [3.05, 3.63) is 42.9 Å². The molecule has 3 aromatic rings. The standard InChI is InChI=1S/C17H20N6O/c1-13(24)18-9-6-10-22(2)16-15-11-21-23(17(15)20-12-19-16)14-7-4-3-5-8-14/h3-5,7-8,11-12H,6,9-10H2,1-2H3,(H,18,24). The molecule has 0 saturated carbocycles. The minimum Gasteiger partial charge on any atom is -0.359 e. The molecule has 1 aromatic carbocycles. The summed E-state index contributed by atoms with van der Waals surface area (Å²) in [7, 11) is 1.98. The number of rotatable bonds is 6. The zero-order valence-electron chi connectivity index (χ0n) is 13.8. The van der Waals surface area contributed by atoms with Crippen LogP contribution >= 0.6 is 0 Å². The summed E-state index contributed by atoms with van der Waals surface area (Å²) in [6.45, 7) is 2.95. The van der Waals surface area contributed by atoms with Crippen LogP contribution in [0.1, 0.15) is 13.3 Å². The fourth-order valence-electron chi connectivity index (χ4n) is 2.58. The van der Waals surface area contributed by atoms with Crippen LogP contribution in [0.3, 0.4) is 0 Å². The maximum atomic E-state index is 10.9. The molecule has 0 bridgehead atoms. The number of fused-ring (bicyclic) bond motifs is 1. The SMILES string of the molecule is CC(=O)NCCCN(C)c1ncnc2c1cnn2-c1ccccc1. The fraction of sp³-hybridized carbons (Fsp3) is 0.294. The van der Waals surface area contributed by atoms with Gasteiger partial charge in [-0.05, 0) is 18.6 Å². The largest absolute Gasteiger partial charge is 0.359 e. The van der Waals surface area contributed by atoms with Crippen molar-refractivity contribution in [3.63, 3.8) is 0 Å². The molecule has 0 spiro atoms. The van der Waals surface area contributed by atoms with Gasteiger partial charge in [-0.3, -0.25) is 4.79 Å². The lowest BCUT2D eigenvalue weighted by atomic mass is 10.3. The summed E-state index contributed by atoms with van der Waals surface area (Å²) in [4.78, 5) is 21.8. The van der Waals surface area contributed by atoms with E-state index in [1.54, 1.807) is 12.5 Å². The number of hydrogen-bond donors (Lipinski definition) is 1. The first kappa shape index (κ1) is 15.9. The van der Waals surface area contributed by atoms with Crippen molar-refractivity contribution in [2.45, 2.75) is 13.3 Å². The second-order valence-corrected chi connectivity index (χ2v) is 5.58. The predicted molar refractivity (Wildman–Crippen MR) is 93.2 cm³/mol. The molecular formula is C17H20N6O. The zero-order chi connectivity index (χ0) is 16.9. The number of aromatic nitrogens is 4. The van der Waals surface area contributed by atoms with Crippen LogP contribution in [0.2, 0.25) is 0 Å². The summed E-state index contributed by atoms with van der Waals surface area (Å²) in [5.74, 6) is 0.830. The monoisotopic (exact) mass is 324 g/mol. The van der Waals surface area contributed by atoms with Gasteiger partial charge < -0.3 is 10.2 Å². The lowest BCUT2D eigenvalue weighted by molar-refractivity contribution is -0.118. The third-order valence-electron chi connectivity index (χ3n) is 3.75. The van der Waals surface area contributed by atoms with Gasteiger partial charge in [0.25, 0.3) is 0 Å². The third kappa shape index (κ3) is 3.34. The topological polar surface area (TPSA) is 75.9 Å². The molecule has 0 radical (unpaired) electrons. The van der Waals surface area contributed by atoms with Crippen LogP contribution in [0.15, 0.2) is 42.9 Å². The molecule has 2 aromatic heterocycles. The van der Waals surface area contributed by atoms with Gasteiger partial charge in [-0.15, -0.1) is 0 Å². The van der Waals surface area contributed by atoms with E-state index in [0.717, 1.165) is 35.5 Å². The van der Waals surface area contributed by atoms with Crippen LogP contribution in [-0.4, -0.2) is 45.8 Å². The third-order valence-corrected chi connectivity index (χ3v) is 3.75. The van der Waals surface area contributed by atoms with Gasteiger partial charge in [0, 0.05) is 27.1 Å². The van der Waals surface area contributed by atoms with E-state index in [0.29, 0.717) is 6.54 Å². The smallest absolute Gasteiger partial charge is 0.216 e. The van der Waals surface area contributed by atoms with Gasteiger partial charge in [0.05, 0.1) is 17.3 Å². The lowest BCUT2D eigenvalue weighted by Gasteiger charge is -2.18. The first-order chi connectivity index (χ1) is 11.7. The number of hydrogen-bond acceptors (Lipinski definition) is 5. The summed E-state index contributed by atoms with van der Waals surface area (Å²) < 4.78 is 1.81. The Kier molecular flexibility index (Phi) is 4.69. The highest BCUT2D eigenvalue weighted by atomic mass is 16.1. The zero-order valence-corrected chi connectivity index (χ0v) is 13.8. The number of benzene rings is 1. The molecule has 0 aliphatic carbocycles. The van der Waals surface area contributed by atoms with E-state index in [2.05, 4.69) is 25.3 Å². The Morgan fingerprint density at radius 1 is 1.25 bits per heavy atom. The molecule has 124 valence electrons. The molecular weight excluding hydrogens is 304 g/mol.